The molecule has 0 radical (unpaired) electrons. The highest BCUT2D eigenvalue weighted by molar-refractivity contribution is 9.10. The van der Waals surface area contributed by atoms with Crippen LogP contribution in [0.2, 0.25) is 4.47 Å². The molecule has 4 nitrogen and oxygen atoms in total. The molecule has 2 rings (SSSR count). The molecule has 0 saturated carbocycles. The third kappa shape index (κ3) is 3.22. The second-order valence-corrected chi connectivity index (χ2v) is 6.04. The lowest BCUT2D eigenvalue weighted by atomic mass is 10.2. The van der Waals surface area contributed by atoms with Crippen LogP contribution < -0.4 is 5.32 Å². The van der Waals surface area contributed by atoms with E-state index in [-0.39, 0.29) is 5.56 Å². The first-order valence-electron chi connectivity index (χ1n) is 4.93. The van der Waals surface area contributed by atoms with Crippen LogP contribution in [0.1, 0.15) is 15.2 Å². The Morgan fingerprint density at radius 2 is 2.33 bits per heavy atom. The van der Waals surface area contributed by atoms with Crippen LogP contribution in [-0.2, 0) is 6.54 Å². The number of carboxylic acids is 1. The molecule has 0 amide bonds. The SMILES string of the molecule is O=C(O)c1cc(Br)ccc1NCc1cnc(Cl)s1. The van der Waals surface area contributed by atoms with Crippen molar-refractivity contribution in [2.45, 2.75) is 6.54 Å². The Morgan fingerprint density at radius 3 is 2.94 bits per heavy atom. The number of nitrogens with one attached hydrogen (secondary N) is 1. The molecule has 0 fully saturated rings. The minimum atomic E-state index is -0.971. The molecule has 1 heterocycles. The third-order valence-corrected chi connectivity index (χ3v) is 3.80. The van der Waals surface area contributed by atoms with E-state index in [1.807, 2.05) is 0 Å². The number of rotatable bonds is 4. The minimum Gasteiger partial charge on any atom is -0.478 e. The molecule has 1 aromatic heterocycles. The summed E-state index contributed by atoms with van der Waals surface area (Å²) in [6.45, 7) is 0.492. The van der Waals surface area contributed by atoms with E-state index in [0.29, 0.717) is 16.7 Å². The maximum Gasteiger partial charge on any atom is 0.337 e. The molecule has 0 unspecified atom stereocenters. The highest BCUT2D eigenvalue weighted by atomic mass is 79.9. The van der Waals surface area contributed by atoms with E-state index in [9.17, 15) is 4.79 Å². The number of thiazole rings is 1. The second-order valence-electron chi connectivity index (χ2n) is 3.43. The van der Waals surface area contributed by atoms with Crippen LogP contribution in [0.25, 0.3) is 0 Å². The largest absolute Gasteiger partial charge is 0.478 e. The van der Waals surface area contributed by atoms with Gasteiger partial charge in [-0.25, -0.2) is 9.78 Å². The monoisotopic (exact) mass is 346 g/mol. The van der Waals surface area contributed by atoms with Crippen LogP contribution in [0.3, 0.4) is 0 Å². The van der Waals surface area contributed by atoms with E-state index >= 15 is 0 Å². The number of hydrogen-bond donors (Lipinski definition) is 2. The average Bonchev–Trinajstić information content (AvgIpc) is 2.73. The molecule has 2 N–H and O–H groups in total. The lowest BCUT2D eigenvalue weighted by Crippen LogP contribution is -2.05. The molecule has 0 aliphatic heterocycles. The van der Waals surface area contributed by atoms with Crippen molar-refractivity contribution in [1.29, 1.82) is 0 Å². The summed E-state index contributed by atoms with van der Waals surface area (Å²) < 4.78 is 1.20. The molecule has 0 saturated heterocycles. The van der Waals surface area contributed by atoms with E-state index < -0.39 is 5.97 Å². The Kier molecular flexibility index (Phi) is 4.21. The molecule has 1 aromatic carbocycles. The van der Waals surface area contributed by atoms with Crippen molar-refractivity contribution in [2.75, 3.05) is 5.32 Å². The van der Waals surface area contributed by atoms with Crippen LogP contribution in [0.4, 0.5) is 5.69 Å². The molecule has 94 valence electrons. The predicted molar refractivity (Wildman–Crippen MR) is 75.6 cm³/mol. The van der Waals surface area contributed by atoms with E-state index in [0.717, 1.165) is 9.35 Å². The lowest BCUT2D eigenvalue weighted by Gasteiger charge is -2.08. The van der Waals surface area contributed by atoms with Crippen molar-refractivity contribution in [3.8, 4) is 0 Å². The summed E-state index contributed by atoms with van der Waals surface area (Å²) in [6, 6.07) is 5.06. The van der Waals surface area contributed by atoms with Crippen LogP contribution in [0.5, 0.6) is 0 Å². The highest BCUT2D eigenvalue weighted by Gasteiger charge is 2.10. The van der Waals surface area contributed by atoms with Gasteiger partial charge in [-0.1, -0.05) is 27.5 Å². The van der Waals surface area contributed by atoms with Gasteiger partial charge >= 0.3 is 5.97 Å². The lowest BCUT2D eigenvalue weighted by molar-refractivity contribution is 0.0698. The van der Waals surface area contributed by atoms with Crippen LogP contribution in [0.15, 0.2) is 28.9 Å². The predicted octanol–water partition coefficient (Wildman–Crippen LogP) is 3.87. The number of anilines is 1. The summed E-state index contributed by atoms with van der Waals surface area (Å²) in [5.74, 6) is -0.971. The Labute approximate surface area is 121 Å². The van der Waals surface area contributed by atoms with Crippen LogP contribution >= 0.6 is 38.9 Å². The Hall–Kier alpha value is -1.11. The summed E-state index contributed by atoms with van der Waals surface area (Å²) in [4.78, 5) is 16.0. The summed E-state index contributed by atoms with van der Waals surface area (Å²) in [5.41, 5.74) is 0.787. The van der Waals surface area contributed by atoms with Gasteiger partial charge in [-0.2, -0.15) is 0 Å². The zero-order valence-corrected chi connectivity index (χ0v) is 12.1. The fraction of sp³-hybridized carbons (Fsp3) is 0.0909. The van der Waals surface area contributed by atoms with Gasteiger partial charge in [-0.3, -0.25) is 0 Å². The van der Waals surface area contributed by atoms with Crippen LogP contribution in [0, 0.1) is 0 Å². The molecule has 2 aromatic rings. The van der Waals surface area contributed by atoms with Gasteiger partial charge in [-0.05, 0) is 18.2 Å². The van der Waals surface area contributed by atoms with Gasteiger partial charge in [-0.15, -0.1) is 11.3 Å². The first-order valence-corrected chi connectivity index (χ1v) is 6.92. The van der Waals surface area contributed by atoms with E-state index in [2.05, 4.69) is 26.2 Å². The topological polar surface area (TPSA) is 62.2 Å². The zero-order chi connectivity index (χ0) is 13.1. The van der Waals surface area contributed by atoms with Gasteiger partial charge in [0, 0.05) is 21.2 Å². The average molecular weight is 348 g/mol. The third-order valence-electron chi connectivity index (χ3n) is 2.19. The fourth-order valence-corrected chi connectivity index (χ4v) is 2.67. The van der Waals surface area contributed by atoms with Crippen molar-refractivity contribution in [2.24, 2.45) is 0 Å². The molecule has 0 aliphatic carbocycles. The maximum absolute atomic E-state index is 11.1. The molecule has 0 atom stereocenters. The summed E-state index contributed by atoms with van der Waals surface area (Å²) in [6.07, 6.45) is 1.67. The number of carboxylic acid groups (broad SMARTS) is 1. The number of nitrogens with zero attached hydrogens (tertiary/aromatic N) is 1. The molecule has 0 aliphatic rings. The number of carbonyl (C=O) groups is 1. The maximum atomic E-state index is 11.1. The van der Waals surface area contributed by atoms with Crippen molar-refractivity contribution in [3.63, 3.8) is 0 Å². The summed E-state index contributed by atoms with van der Waals surface area (Å²) in [7, 11) is 0. The van der Waals surface area contributed by atoms with Gasteiger partial charge in [0.1, 0.15) is 0 Å². The standard InChI is InChI=1S/C11H8BrClN2O2S/c12-6-1-2-9(8(3-6)10(16)17)14-4-7-5-15-11(13)18-7/h1-3,5,14H,4H2,(H,16,17). The Bertz CT molecular complexity index is 588. The number of aromatic carboxylic acids is 1. The number of hydrogen-bond acceptors (Lipinski definition) is 4. The van der Waals surface area contributed by atoms with Gasteiger partial charge in [0.2, 0.25) is 0 Å². The molecule has 0 bridgehead atoms. The van der Waals surface area contributed by atoms with Crippen LogP contribution in [-0.4, -0.2) is 16.1 Å². The second kappa shape index (κ2) is 5.69. The smallest absolute Gasteiger partial charge is 0.337 e. The van der Waals surface area contributed by atoms with Gasteiger partial charge in [0.15, 0.2) is 4.47 Å². The number of aromatic nitrogens is 1. The molecule has 7 heteroatoms. The fourth-order valence-electron chi connectivity index (χ4n) is 1.40. The Balaban J connectivity index is 2.16. The summed E-state index contributed by atoms with van der Waals surface area (Å²) >= 11 is 10.3. The van der Waals surface area contributed by atoms with E-state index in [1.54, 1.807) is 24.4 Å². The molecular formula is C11H8BrClN2O2S. The van der Waals surface area contributed by atoms with Crippen molar-refractivity contribution in [3.05, 3.63) is 43.8 Å². The first-order chi connectivity index (χ1) is 8.56. The van der Waals surface area contributed by atoms with Crippen molar-refractivity contribution < 1.29 is 9.90 Å². The highest BCUT2D eigenvalue weighted by Crippen LogP contribution is 2.23. The van der Waals surface area contributed by atoms with E-state index in [1.165, 1.54) is 11.3 Å². The number of benzene rings is 1. The minimum absolute atomic E-state index is 0.222. The zero-order valence-electron chi connectivity index (χ0n) is 8.98. The Morgan fingerprint density at radius 1 is 1.56 bits per heavy atom. The quantitative estimate of drug-likeness (QED) is 0.881. The van der Waals surface area contributed by atoms with Gasteiger partial charge in [0.25, 0.3) is 0 Å². The van der Waals surface area contributed by atoms with Crippen molar-refractivity contribution in [1.82, 2.24) is 4.98 Å². The van der Waals surface area contributed by atoms with E-state index in [4.69, 9.17) is 16.7 Å². The first kappa shape index (κ1) is 13.3. The number of halogens is 2. The van der Waals surface area contributed by atoms with Gasteiger partial charge in [0.05, 0.1) is 12.1 Å². The van der Waals surface area contributed by atoms with Gasteiger partial charge < -0.3 is 10.4 Å². The molecular weight excluding hydrogens is 340 g/mol. The normalized spacial score (nSPS) is 10.3. The summed E-state index contributed by atoms with van der Waals surface area (Å²) in [5, 5.41) is 12.2. The molecule has 18 heavy (non-hydrogen) atoms. The van der Waals surface area contributed by atoms with Crippen molar-refractivity contribution >= 4 is 50.5 Å². The molecule has 0 spiro atoms.